The molecule has 1 N–H and O–H groups in total. The van der Waals surface area contributed by atoms with Crippen LogP contribution in [0.2, 0.25) is 5.02 Å². The maximum atomic E-state index is 6.16. The minimum atomic E-state index is 0.756. The Morgan fingerprint density at radius 3 is 2.86 bits per heavy atom. The third kappa shape index (κ3) is 4.48. The van der Waals surface area contributed by atoms with E-state index in [1.807, 2.05) is 45.2 Å². The third-order valence-electron chi connectivity index (χ3n) is 3.22. The molecular formula is C16H22ClN3O. The van der Waals surface area contributed by atoms with E-state index in [2.05, 4.69) is 14.9 Å². The second kappa shape index (κ2) is 7.48. The number of nitrogens with one attached hydrogen (secondary N) is 1. The van der Waals surface area contributed by atoms with Gasteiger partial charge in [0.1, 0.15) is 0 Å². The van der Waals surface area contributed by atoms with Gasteiger partial charge in [-0.25, -0.2) is 4.98 Å². The van der Waals surface area contributed by atoms with Gasteiger partial charge in [0.15, 0.2) is 0 Å². The van der Waals surface area contributed by atoms with Gasteiger partial charge in [-0.05, 0) is 44.9 Å². The molecule has 0 atom stereocenters. The van der Waals surface area contributed by atoms with E-state index in [4.69, 9.17) is 16.3 Å². The van der Waals surface area contributed by atoms with Crippen molar-refractivity contribution >= 4 is 23.2 Å². The van der Waals surface area contributed by atoms with Gasteiger partial charge in [0, 0.05) is 36.7 Å². The lowest BCUT2D eigenvalue weighted by atomic mass is 10.2. The number of benzene rings is 1. The summed E-state index contributed by atoms with van der Waals surface area (Å²) >= 11 is 6.16. The van der Waals surface area contributed by atoms with Gasteiger partial charge in [-0.2, -0.15) is 0 Å². The van der Waals surface area contributed by atoms with Crippen LogP contribution in [0.3, 0.4) is 0 Å². The Hall–Kier alpha value is -1.52. The van der Waals surface area contributed by atoms with Crippen LogP contribution in [0.15, 0.2) is 24.4 Å². The molecule has 0 fully saturated rings. The van der Waals surface area contributed by atoms with Crippen molar-refractivity contribution < 1.29 is 4.74 Å². The first-order valence-corrected chi connectivity index (χ1v) is 7.62. The number of aromatic nitrogens is 2. The fourth-order valence-corrected chi connectivity index (χ4v) is 2.28. The lowest BCUT2D eigenvalue weighted by Gasteiger charge is -2.10. The van der Waals surface area contributed by atoms with Crippen molar-refractivity contribution in [2.75, 3.05) is 18.5 Å². The topological polar surface area (TPSA) is 39.1 Å². The molecule has 114 valence electrons. The van der Waals surface area contributed by atoms with E-state index < -0.39 is 0 Å². The number of ether oxygens (including phenoxy) is 1. The van der Waals surface area contributed by atoms with Gasteiger partial charge in [-0.1, -0.05) is 17.7 Å². The van der Waals surface area contributed by atoms with Crippen molar-refractivity contribution in [3.8, 4) is 0 Å². The monoisotopic (exact) mass is 307 g/mol. The van der Waals surface area contributed by atoms with Crippen LogP contribution < -0.4 is 5.32 Å². The molecule has 0 aliphatic carbocycles. The standard InChI is InChI=1S/C16H22ClN3O/c1-4-21-9-5-8-20-11-13(3)18-16(20)19-14-7-6-12(2)15(17)10-14/h6-7,10-11H,4-5,8-9H2,1-3H3,(H,18,19). The molecule has 0 saturated heterocycles. The zero-order chi connectivity index (χ0) is 15.2. The summed E-state index contributed by atoms with van der Waals surface area (Å²) in [5, 5.41) is 4.08. The quantitative estimate of drug-likeness (QED) is 0.774. The van der Waals surface area contributed by atoms with E-state index in [1.165, 1.54) is 0 Å². The Kier molecular flexibility index (Phi) is 5.65. The normalized spacial score (nSPS) is 10.9. The zero-order valence-corrected chi connectivity index (χ0v) is 13.6. The molecule has 0 unspecified atom stereocenters. The minimum Gasteiger partial charge on any atom is -0.382 e. The Labute approximate surface area is 131 Å². The summed E-state index contributed by atoms with van der Waals surface area (Å²) in [6, 6.07) is 5.93. The summed E-state index contributed by atoms with van der Waals surface area (Å²) in [6.45, 7) is 8.40. The molecule has 1 aromatic carbocycles. The second-order valence-electron chi connectivity index (χ2n) is 5.04. The van der Waals surface area contributed by atoms with E-state index >= 15 is 0 Å². The number of hydrogen-bond acceptors (Lipinski definition) is 3. The third-order valence-corrected chi connectivity index (χ3v) is 3.62. The molecule has 21 heavy (non-hydrogen) atoms. The number of imidazole rings is 1. The average molecular weight is 308 g/mol. The van der Waals surface area contributed by atoms with Crippen molar-refractivity contribution in [1.29, 1.82) is 0 Å². The number of aryl methyl sites for hydroxylation is 3. The smallest absolute Gasteiger partial charge is 0.207 e. The highest BCUT2D eigenvalue weighted by Crippen LogP contribution is 2.23. The van der Waals surface area contributed by atoms with E-state index in [1.54, 1.807) is 0 Å². The highest BCUT2D eigenvalue weighted by Gasteiger charge is 2.07. The molecule has 0 saturated carbocycles. The van der Waals surface area contributed by atoms with Gasteiger partial charge in [0.2, 0.25) is 5.95 Å². The fourth-order valence-electron chi connectivity index (χ4n) is 2.10. The predicted molar refractivity (Wildman–Crippen MR) is 87.5 cm³/mol. The SMILES string of the molecule is CCOCCCn1cc(C)nc1Nc1ccc(C)c(Cl)c1. The molecule has 0 aliphatic rings. The maximum absolute atomic E-state index is 6.16. The van der Waals surface area contributed by atoms with Crippen molar-refractivity contribution in [2.24, 2.45) is 0 Å². The largest absolute Gasteiger partial charge is 0.382 e. The molecule has 1 aromatic heterocycles. The van der Waals surface area contributed by atoms with Gasteiger partial charge in [0.05, 0.1) is 5.69 Å². The van der Waals surface area contributed by atoms with Crippen molar-refractivity contribution in [1.82, 2.24) is 9.55 Å². The fraction of sp³-hybridized carbons (Fsp3) is 0.438. The number of hydrogen-bond donors (Lipinski definition) is 1. The Bertz CT molecular complexity index is 595. The first-order valence-electron chi connectivity index (χ1n) is 7.25. The first kappa shape index (κ1) is 15.9. The van der Waals surface area contributed by atoms with Crippen LogP contribution >= 0.6 is 11.6 Å². The molecular weight excluding hydrogens is 286 g/mol. The summed E-state index contributed by atoms with van der Waals surface area (Å²) in [5.74, 6) is 0.837. The Balaban J connectivity index is 2.06. The van der Waals surface area contributed by atoms with Gasteiger partial charge in [0.25, 0.3) is 0 Å². The summed E-state index contributed by atoms with van der Waals surface area (Å²) < 4.78 is 7.49. The van der Waals surface area contributed by atoms with E-state index in [0.29, 0.717) is 0 Å². The van der Waals surface area contributed by atoms with Gasteiger partial charge in [-0.3, -0.25) is 0 Å². The first-order chi connectivity index (χ1) is 10.1. The van der Waals surface area contributed by atoms with Crippen molar-refractivity contribution in [3.05, 3.63) is 40.7 Å². The van der Waals surface area contributed by atoms with E-state index in [-0.39, 0.29) is 0 Å². The van der Waals surface area contributed by atoms with Gasteiger partial charge in [-0.15, -0.1) is 0 Å². The van der Waals surface area contributed by atoms with Crippen molar-refractivity contribution in [2.45, 2.75) is 33.7 Å². The van der Waals surface area contributed by atoms with Crippen LogP contribution in [0.1, 0.15) is 24.6 Å². The molecule has 1 heterocycles. The van der Waals surface area contributed by atoms with Gasteiger partial charge >= 0.3 is 0 Å². The number of halogens is 1. The van der Waals surface area contributed by atoms with Crippen LogP contribution in [-0.4, -0.2) is 22.8 Å². The lowest BCUT2D eigenvalue weighted by molar-refractivity contribution is 0.142. The predicted octanol–water partition coefficient (Wildman–Crippen LogP) is 4.32. The second-order valence-corrected chi connectivity index (χ2v) is 5.45. The van der Waals surface area contributed by atoms with Gasteiger partial charge < -0.3 is 14.6 Å². The number of nitrogens with zero attached hydrogens (tertiary/aromatic N) is 2. The highest BCUT2D eigenvalue weighted by atomic mass is 35.5. The molecule has 2 rings (SSSR count). The minimum absolute atomic E-state index is 0.756. The Morgan fingerprint density at radius 2 is 2.14 bits per heavy atom. The highest BCUT2D eigenvalue weighted by molar-refractivity contribution is 6.31. The summed E-state index contributed by atoms with van der Waals surface area (Å²) in [6.07, 6.45) is 3.01. The molecule has 5 heteroatoms. The molecule has 0 amide bonds. The van der Waals surface area contributed by atoms with Crippen LogP contribution in [0.4, 0.5) is 11.6 Å². The van der Waals surface area contributed by atoms with Crippen molar-refractivity contribution in [3.63, 3.8) is 0 Å². The van der Waals surface area contributed by atoms with Crippen LogP contribution in [0, 0.1) is 13.8 Å². The summed E-state index contributed by atoms with van der Waals surface area (Å²) in [7, 11) is 0. The van der Waals surface area contributed by atoms with Crippen LogP contribution in [0.5, 0.6) is 0 Å². The molecule has 2 aromatic rings. The molecule has 4 nitrogen and oxygen atoms in total. The number of rotatable bonds is 7. The summed E-state index contributed by atoms with van der Waals surface area (Å²) in [4.78, 5) is 4.52. The molecule has 0 radical (unpaired) electrons. The molecule has 0 aliphatic heterocycles. The number of anilines is 2. The summed E-state index contributed by atoms with van der Waals surface area (Å²) in [5.41, 5.74) is 3.01. The van der Waals surface area contributed by atoms with E-state index in [9.17, 15) is 0 Å². The molecule has 0 spiro atoms. The zero-order valence-electron chi connectivity index (χ0n) is 12.8. The Morgan fingerprint density at radius 1 is 1.33 bits per heavy atom. The van der Waals surface area contributed by atoms with Crippen LogP contribution in [-0.2, 0) is 11.3 Å². The lowest BCUT2D eigenvalue weighted by Crippen LogP contribution is -2.06. The average Bonchev–Trinajstić information content (AvgIpc) is 2.79. The maximum Gasteiger partial charge on any atom is 0.207 e. The van der Waals surface area contributed by atoms with E-state index in [0.717, 1.165) is 54.1 Å². The van der Waals surface area contributed by atoms with Crippen LogP contribution in [0.25, 0.3) is 0 Å². The molecule has 0 bridgehead atoms.